The van der Waals surface area contributed by atoms with Crippen LogP contribution in [0.3, 0.4) is 0 Å². The fourth-order valence-corrected chi connectivity index (χ4v) is 1.42. The van der Waals surface area contributed by atoms with Gasteiger partial charge in [-0.3, -0.25) is 4.98 Å². The van der Waals surface area contributed by atoms with Crippen LogP contribution in [0.2, 0.25) is 5.15 Å². The van der Waals surface area contributed by atoms with Gasteiger partial charge in [-0.1, -0.05) is 11.6 Å². The maximum Gasteiger partial charge on any atom is 0.348 e. The molecule has 2 rings (SSSR count). The standard InChI is InChI=1S/C6H6ClN3O/c7-4-3-1-2-8-5(3)10-6(11)9-4/h1-2H2,(H2,8,9,10,11). The van der Waals surface area contributed by atoms with Gasteiger partial charge in [0.15, 0.2) is 0 Å². The number of nitrogens with one attached hydrogen (secondary N) is 2. The van der Waals surface area contributed by atoms with Gasteiger partial charge in [-0.05, 0) is 6.42 Å². The summed E-state index contributed by atoms with van der Waals surface area (Å²) in [7, 11) is 0. The van der Waals surface area contributed by atoms with E-state index in [9.17, 15) is 4.79 Å². The molecule has 1 aliphatic rings. The molecule has 0 unspecified atom stereocenters. The lowest BCUT2D eigenvalue weighted by molar-refractivity contribution is 1.05. The summed E-state index contributed by atoms with van der Waals surface area (Å²) < 4.78 is 0. The Morgan fingerprint density at radius 1 is 1.55 bits per heavy atom. The number of aromatic nitrogens is 2. The van der Waals surface area contributed by atoms with E-state index in [4.69, 9.17) is 11.6 Å². The van der Waals surface area contributed by atoms with E-state index in [2.05, 4.69) is 15.3 Å². The highest BCUT2D eigenvalue weighted by molar-refractivity contribution is 6.30. The highest BCUT2D eigenvalue weighted by Crippen LogP contribution is 2.22. The number of rotatable bonds is 0. The third-order valence-corrected chi connectivity index (χ3v) is 1.97. The first-order valence-corrected chi connectivity index (χ1v) is 3.68. The molecule has 4 nitrogen and oxygen atoms in total. The van der Waals surface area contributed by atoms with Crippen molar-refractivity contribution in [2.45, 2.75) is 6.42 Å². The minimum atomic E-state index is -0.400. The van der Waals surface area contributed by atoms with Crippen molar-refractivity contribution in [2.75, 3.05) is 11.9 Å². The molecule has 1 aliphatic heterocycles. The Morgan fingerprint density at radius 2 is 2.36 bits per heavy atom. The predicted octanol–water partition coefficient (Wildman–Crippen LogP) is 0.391. The number of hydrogen-bond donors (Lipinski definition) is 2. The second-order valence-corrected chi connectivity index (χ2v) is 2.74. The average molecular weight is 172 g/mol. The number of anilines is 1. The second-order valence-electron chi connectivity index (χ2n) is 2.36. The van der Waals surface area contributed by atoms with Gasteiger partial charge in [0.05, 0.1) is 0 Å². The van der Waals surface area contributed by atoms with Crippen LogP contribution in [0.15, 0.2) is 4.79 Å². The van der Waals surface area contributed by atoms with Gasteiger partial charge in [-0.2, -0.15) is 4.98 Å². The number of aromatic amines is 1. The summed E-state index contributed by atoms with van der Waals surface area (Å²) in [6.45, 7) is 0.805. The topological polar surface area (TPSA) is 57.8 Å². The summed E-state index contributed by atoms with van der Waals surface area (Å²) >= 11 is 5.74. The Balaban J connectivity index is 2.70. The van der Waals surface area contributed by atoms with Crippen LogP contribution in [-0.2, 0) is 6.42 Å². The molecule has 1 aromatic rings. The van der Waals surface area contributed by atoms with E-state index < -0.39 is 5.69 Å². The molecule has 0 aliphatic carbocycles. The fourth-order valence-electron chi connectivity index (χ4n) is 1.15. The van der Waals surface area contributed by atoms with Crippen LogP contribution in [0.5, 0.6) is 0 Å². The minimum Gasteiger partial charge on any atom is -0.369 e. The zero-order chi connectivity index (χ0) is 7.84. The fraction of sp³-hybridized carbons (Fsp3) is 0.333. The number of fused-ring (bicyclic) bond motifs is 1. The Hall–Kier alpha value is -1.03. The Labute approximate surface area is 67.6 Å². The highest BCUT2D eigenvalue weighted by atomic mass is 35.5. The molecule has 0 saturated heterocycles. The summed E-state index contributed by atoms with van der Waals surface area (Å²) in [6.07, 6.45) is 0.831. The maximum absolute atomic E-state index is 10.8. The van der Waals surface area contributed by atoms with Crippen LogP contribution in [0.4, 0.5) is 5.82 Å². The first kappa shape index (κ1) is 6.67. The molecule has 0 bridgehead atoms. The third kappa shape index (κ3) is 0.991. The van der Waals surface area contributed by atoms with Gasteiger partial charge in [0, 0.05) is 12.1 Å². The van der Waals surface area contributed by atoms with Gasteiger partial charge in [0.2, 0.25) is 0 Å². The molecule has 5 heteroatoms. The summed E-state index contributed by atoms with van der Waals surface area (Å²) in [5, 5.41) is 3.37. The number of nitrogens with zero attached hydrogens (tertiary/aromatic N) is 1. The molecule has 0 atom stereocenters. The van der Waals surface area contributed by atoms with Gasteiger partial charge in [0.25, 0.3) is 0 Å². The predicted molar refractivity (Wildman–Crippen MR) is 42.1 cm³/mol. The second kappa shape index (κ2) is 2.23. The molecule has 1 aromatic heterocycles. The van der Waals surface area contributed by atoms with E-state index in [0.29, 0.717) is 11.0 Å². The average Bonchev–Trinajstić information content (AvgIpc) is 2.34. The molecule has 2 N–H and O–H groups in total. The summed E-state index contributed by atoms with van der Waals surface area (Å²) in [5.74, 6) is 0.624. The van der Waals surface area contributed by atoms with E-state index >= 15 is 0 Å². The molecular formula is C6H6ClN3O. The first-order valence-electron chi connectivity index (χ1n) is 3.30. The third-order valence-electron chi connectivity index (χ3n) is 1.65. The van der Waals surface area contributed by atoms with Gasteiger partial charge in [0.1, 0.15) is 11.0 Å². The first-order chi connectivity index (χ1) is 5.27. The molecule has 0 radical (unpaired) electrons. The summed E-state index contributed by atoms with van der Waals surface area (Å²) in [4.78, 5) is 16.9. The van der Waals surface area contributed by atoms with Crippen LogP contribution >= 0.6 is 11.6 Å². The zero-order valence-corrected chi connectivity index (χ0v) is 6.40. The van der Waals surface area contributed by atoms with Crippen molar-refractivity contribution in [3.8, 4) is 0 Å². The molecular weight excluding hydrogens is 166 g/mol. The molecule has 2 heterocycles. The largest absolute Gasteiger partial charge is 0.369 e. The van der Waals surface area contributed by atoms with Crippen LogP contribution in [0, 0.1) is 0 Å². The lowest BCUT2D eigenvalue weighted by Crippen LogP contribution is -2.12. The van der Waals surface area contributed by atoms with Crippen LogP contribution in [-0.4, -0.2) is 16.5 Å². The monoisotopic (exact) mass is 171 g/mol. The highest BCUT2D eigenvalue weighted by Gasteiger charge is 2.15. The van der Waals surface area contributed by atoms with Gasteiger partial charge >= 0.3 is 5.69 Å². The smallest absolute Gasteiger partial charge is 0.348 e. The van der Waals surface area contributed by atoms with Crippen LogP contribution in [0.1, 0.15) is 5.56 Å². The maximum atomic E-state index is 10.8. The molecule has 0 amide bonds. The van der Waals surface area contributed by atoms with E-state index in [-0.39, 0.29) is 0 Å². The van der Waals surface area contributed by atoms with Crippen molar-refractivity contribution in [3.05, 3.63) is 21.2 Å². The molecule has 58 valence electrons. The van der Waals surface area contributed by atoms with Crippen molar-refractivity contribution < 1.29 is 0 Å². The van der Waals surface area contributed by atoms with E-state index in [1.54, 1.807) is 0 Å². The molecule has 11 heavy (non-hydrogen) atoms. The zero-order valence-electron chi connectivity index (χ0n) is 5.65. The quantitative estimate of drug-likeness (QED) is 0.556. The van der Waals surface area contributed by atoms with E-state index in [1.807, 2.05) is 0 Å². The number of hydrogen-bond acceptors (Lipinski definition) is 3. The molecule has 0 aromatic carbocycles. The van der Waals surface area contributed by atoms with Gasteiger partial charge in [-0.15, -0.1) is 0 Å². The van der Waals surface area contributed by atoms with E-state index in [1.165, 1.54) is 0 Å². The van der Waals surface area contributed by atoms with Crippen molar-refractivity contribution in [1.82, 2.24) is 9.97 Å². The minimum absolute atomic E-state index is 0.400. The van der Waals surface area contributed by atoms with E-state index in [0.717, 1.165) is 18.5 Å². The van der Waals surface area contributed by atoms with Crippen molar-refractivity contribution in [3.63, 3.8) is 0 Å². The van der Waals surface area contributed by atoms with Gasteiger partial charge < -0.3 is 5.32 Å². The molecule has 0 spiro atoms. The van der Waals surface area contributed by atoms with Gasteiger partial charge in [-0.25, -0.2) is 4.79 Å². The Bertz CT molecular complexity index is 346. The van der Waals surface area contributed by atoms with Crippen molar-refractivity contribution >= 4 is 17.4 Å². The molecule has 0 saturated carbocycles. The lowest BCUT2D eigenvalue weighted by atomic mass is 10.3. The normalized spacial score (nSPS) is 14.3. The number of H-pyrrole nitrogens is 1. The SMILES string of the molecule is O=c1nc2c(c(Cl)[nH]1)CCN2. The molecule has 0 fully saturated rings. The van der Waals surface area contributed by atoms with Crippen LogP contribution in [0.25, 0.3) is 0 Å². The van der Waals surface area contributed by atoms with Crippen LogP contribution < -0.4 is 11.0 Å². The summed E-state index contributed by atoms with van der Waals surface area (Å²) in [5.41, 5.74) is 0.509. The number of halogens is 1. The Morgan fingerprint density at radius 3 is 3.18 bits per heavy atom. The Kier molecular flexibility index (Phi) is 1.35. The van der Waals surface area contributed by atoms with Crippen molar-refractivity contribution in [1.29, 1.82) is 0 Å². The summed E-state index contributed by atoms with van der Waals surface area (Å²) in [6, 6.07) is 0. The lowest BCUT2D eigenvalue weighted by Gasteiger charge is -1.97. The van der Waals surface area contributed by atoms with Crippen molar-refractivity contribution in [2.24, 2.45) is 0 Å².